The minimum absolute atomic E-state index is 0.0779. The van der Waals surface area contributed by atoms with E-state index in [9.17, 15) is 9.59 Å². The van der Waals surface area contributed by atoms with Gasteiger partial charge in [0.2, 0.25) is 0 Å². The second-order valence-electron chi connectivity index (χ2n) is 3.75. The number of Topliss-reactive ketones (excluding diaryl/α,β-unsaturated/α-hetero) is 1. The Labute approximate surface area is 107 Å². The molecule has 6 heteroatoms. The van der Waals surface area contributed by atoms with Gasteiger partial charge in [-0.2, -0.15) is 0 Å². The fourth-order valence-electron chi connectivity index (χ4n) is 1.15. The number of rotatable bonds is 13. The predicted octanol–water partition coefficient (Wildman–Crippen LogP) is 0.880. The highest BCUT2D eigenvalue weighted by Crippen LogP contribution is 1.94. The molecule has 0 heterocycles. The molecule has 0 aliphatic heterocycles. The van der Waals surface area contributed by atoms with E-state index in [-0.39, 0.29) is 25.6 Å². The summed E-state index contributed by atoms with van der Waals surface area (Å²) in [5, 5.41) is 8.29. The average Bonchev–Trinajstić information content (AvgIpc) is 2.32. The molecule has 0 bridgehead atoms. The molecule has 0 aliphatic carbocycles. The van der Waals surface area contributed by atoms with E-state index in [1.807, 2.05) is 6.92 Å². The minimum Gasteiger partial charge on any atom is -0.480 e. The number of carboxylic acid groups (broad SMARTS) is 1. The Hall–Kier alpha value is -0.980. The molecule has 0 amide bonds. The molecule has 0 rings (SSSR count). The summed E-state index contributed by atoms with van der Waals surface area (Å²) in [5.41, 5.74) is 0. The Bertz CT molecular complexity index is 229. The van der Waals surface area contributed by atoms with Crippen molar-refractivity contribution >= 4 is 11.8 Å². The van der Waals surface area contributed by atoms with Crippen LogP contribution < -0.4 is 0 Å². The first-order chi connectivity index (χ1) is 8.66. The lowest BCUT2D eigenvalue weighted by molar-refractivity contribution is -0.142. The number of aliphatic carboxylic acids is 1. The summed E-state index contributed by atoms with van der Waals surface area (Å²) in [6.07, 6.45) is 2.00. The van der Waals surface area contributed by atoms with Crippen LogP contribution in [0.1, 0.15) is 26.2 Å². The predicted molar refractivity (Wildman–Crippen MR) is 64.6 cm³/mol. The van der Waals surface area contributed by atoms with Crippen LogP contribution >= 0.6 is 0 Å². The third-order valence-electron chi connectivity index (χ3n) is 1.95. The van der Waals surface area contributed by atoms with Crippen molar-refractivity contribution in [2.75, 3.05) is 39.6 Å². The molecule has 0 radical (unpaired) electrons. The lowest BCUT2D eigenvalue weighted by Crippen LogP contribution is -2.13. The Kier molecular flexibility index (Phi) is 11.8. The number of carboxylic acids is 1. The molecule has 0 fully saturated rings. The summed E-state index contributed by atoms with van der Waals surface area (Å²) in [7, 11) is 0. The molecule has 0 atom stereocenters. The van der Waals surface area contributed by atoms with Crippen molar-refractivity contribution in [2.45, 2.75) is 26.2 Å². The van der Waals surface area contributed by atoms with Gasteiger partial charge in [0.15, 0.2) is 5.78 Å². The fourth-order valence-corrected chi connectivity index (χ4v) is 1.15. The van der Waals surface area contributed by atoms with Crippen LogP contribution in [-0.4, -0.2) is 56.5 Å². The molecule has 1 N–H and O–H groups in total. The van der Waals surface area contributed by atoms with Gasteiger partial charge in [-0.1, -0.05) is 6.92 Å². The van der Waals surface area contributed by atoms with Crippen molar-refractivity contribution in [1.29, 1.82) is 0 Å². The summed E-state index contributed by atoms with van der Waals surface area (Å²) >= 11 is 0. The van der Waals surface area contributed by atoms with Crippen LogP contribution in [0.15, 0.2) is 0 Å². The van der Waals surface area contributed by atoms with E-state index in [0.29, 0.717) is 32.7 Å². The third-order valence-corrected chi connectivity index (χ3v) is 1.95. The first kappa shape index (κ1) is 17.0. The van der Waals surface area contributed by atoms with Gasteiger partial charge in [-0.3, -0.25) is 4.79 Å². The second-order valence-corrected chi connectivity index (χ2v) is 3.75. The zero-order valence-corrected chi connectivity index (χ0v) is 10.9. The maximum atomic E-state index is 11.3. The standard InChI is InChI=1S/C12H22O6/c1-2-5-17-9-11(13)4-3-6-16-7-8-18-10-12(14)15/h2-10H2,1H3,(H,14,15). The quantitative estimate of drug-likeness (QED) is 0.496. The SMILES string of the molecule is CCCOCC(=O)CCCOCCOCC(=O)O. The molecule has 0 aromatic heterocycles. The maximum Gasteiger partial charge on any atom is 0.329 e. The first-order valence-corrected chi connectivity index (χ1v) is 6.13. The molecule has 0 unspecified atom stereocenters. The van der Waals surface area contributed by atoms with Crippen LogP contribution in [0.5, 0.6) is 0 Å². The lowest BCUT2D eigenvalue weighted by atomic mass is 10.2. The number of carbonyl (C=O) groups is 2. The Balaban J connectivity index is 3.15. The average molecular weight is 262 g/mol. The van der Waals surface area contributed by atoms with Gasteiger partial charge in [0.05, 0.1) is 13.2 Å². The summed E-state index contributed by atoms with van der Waals surface area (Å²) in [4.78, 5) is 21.4. The third kappa shape index (κ3) is 13.1. The molecule has 106 valence electrons. The van der Waals surface area contributed by atoms with E-state index >= 15 is 0 Å². The molecule has 0 aromatic rings. The molecule has 0 spiro atoms. The molecule has 18 heavy (non-hydrogen) atoms. The number of ketones is 1. The molecule has 0 aliphatic rings. The number of ether oxygens (including phenoxy) is 3. The van der Waals surface area contributed by atoms with Crippen LogP contribution in [0.2, 0.25) is 0 Å². The Morgan fingerprint density at radius 2 is 1.61 bits per heavy atom. The van der Waals surface area contributed by atoms with Gasteiger partial charge >= 0.3 is 5.97 Å². The van der Waals surface area contributed by atoms with E-state index in [1.165, 1.54) is 0 Å². The molecule has 0 saturated heterocycles. The Morgan fingerprint density at radius 1 is 0.944 bits per heavy atom. The van der Waals surface area contributed by atoms with E-state index in [0.717, 1.165) is 6.42 Å². The largest absolute Gasteiger partial charge is 0.480 e. The van der Waals surface area contributed by atoms with Crippen molar-refractivity contribution in [3.05, 3.63) is 0 Å². The number of carbonyl (C=O) groups excluding carboxylic acids is 1. The van der Waals surface area contributed by atoms with Gasteiger partial charge in [-0.05, 0) is 12.8 Å². The van der Waals surface area contributed by atoms with Crippen molar-refractivity contribution in [1.82, 2.24) is 0 Å². The molecular formula is C12H22O6. The zero-order valence-electron chi connectivity index (χ0n) is 10.9. The fraction of sp³-hybridized carbons (Fsp3) is 0.833. The second kappa shape index (κ2) is 12.5. The van der Waals surface area contributed by atoms with Crippen molar-refractivity contribution in [3.63, 3.8) is 0 Å². The van der Waals surface area contributed by atoms with E-state index < -0.39 is 5.97 Å². The zero-order chi connectivity index (χ0) is 13.6. The first-order valence-electron chi connectivity index (χ1n) is 6.13. The highest BCUT2D eigenvalue weighted by atomic mass is 16.5. The molecular weight excluding hydrogens is 240 g/mol. The monoisotopic (exact) mass is 262 g/mol. The minimum atomic E-state index is -0.993. The van der Waals surface area contributed by atoms with E-state index in [1.54, 1.807) is 0 Å². The van der Waals surface area contributed by atoms with Crippen LogP contribution in [0, 0.1) is 0 Å². The van der Waals surface area contributed by atoms with Crippen molar-refractivity contribution in [2.24, 2.45) is 0 Å². The highest BCUT2D eigenvalue weighted by molar-refractivity contribution is 5.79. The summed E-state index contributed by atoms with van der Waals surface area (Å²) < 4.78 is 15.1. The molecule has 0 aromatic carbocycles. The molecule has 0 saturated carbocycles. The lowest BCUT2D eigenvalue weighted by Gasteiger charge is -2.04. The number of hydrogen-bond acceptors (Lipinski definition) is 5. The van der Waals surface area contributed by atoms with Crippen LogP contribution in [0.25, 0.3) is 0 Å². The van der Waals surface area contributed by atoms with Crippen molar-refractivity contribution in [3.8, 4) is 0 Å². The maximum absolute atomic E-state index is 11.3. The van der Waals surface area contributed by atoms with Gasteiger partial charge in [-0.25, -0.2) is 4.79 Å². The summed E-state index contributed by atoms with van der Waals surface area (Å²) in [6.45, 7) is 3.53. The van der Waals surface area contributed by atoms with Crippen LogP contribution in [-0.2, 0) is 23.8 Å². The smallest absolute Gasteiger partial charge is 0.329 e. The van der Waals surface area contributed by atoms with Gasteiger partial charge < -0.3 is 19.3 Å². The van der Waals surface area contributed by atoms with Crippen molar-refractivity contribution < 1.29 is 28.9 Å². The summed E-state index contributed by atoms with van der Waals surface area (Å²) in [6, 6.07) is 0. The van der Waals surface area contributed by atoms with Gasteiger partial charge in [0.25, 0.3) is 0 Å². The normalized spacial score (nSPS) is 10.5. The Morgan fingerprint density at radius 3 is 2.28 bits per heavy atom. The number of hydrogen-bond donors (Lipinski definition) is 1. The van der Waals surface area contributed by atoms with Gasteiger partial charge in [-0.15, -0.1) is 0 Å². The highest BCUT2D eigenvalue weighted by Gasteiger charge is 2.01. The van der Waals surface area contributed by atoms with Gasteiger partial charge in [0.1, 0.15) is 13.2 Å². The van der Waals surface area contributed by atoms with Crippen LogP contribution in [0.3, 0.4) is 0 Å². The van der Waals surface area contributed by atoms with Crippen LogP contribution in [0.4, 0.5) is 0 Å². The molecule has 6 nitrogen and oxygen atoms in total. The van der Waals surface area contributed by atoms with E-state index in [2.05, 4.69) is 0 Å². The topological polar surface area (TPSA) is 82.1 Å². The van der Waals surface area contributed by atoms with E-state index in [4.69, 9.17) is 19.3 Å². The van der Waals surface area contributed by atoms with Gasteiger partial charge in [0, 0.05) is 19.6 Å². The summed E-state index contributed by atoms with van der Waals surface area (Å²) in [5.74, 6) is -0.915.